The highest BCUT2D eigenvalue weighted by atomic mass is 19.1. The average molecular weight is 548 g/mol. The second-order valence-corrected chi connectivity index (χ2v) is 9.59. The van der Waals surface area contributed by atoms with Gasteiger partial charge in [0.2, 0.25) is 0 Å². The summed E-state index contributed by atoms with van der Waals surface area (Å²) in [6.07, 6.45) is 0. The van der Waals surface area contributed by atoms with E-state index in [1.165, 1.54) is 18.2 Å². The van der Waals surface area contributed by atoms with Gasteiger partial charge in [0.25, 0.3) is 11.8 Å². The number of likely N-dealkylation sites (N-methyl/N-ethyl adjacent to an activating group) is 1. The predicted molar refractivity (Wildman–Crippen MR) is 158 cm³/mol. The number of benzene rings is 3. The van der Waals surface area contributed by atoms with Crippen molar-refractivity contribution in [3.8, 4) is 5.75 Å². The summed E-state index contributed by atoms with van der Waals surface area (Å²) in [5.41, 5.74) is 2.69. The fraction of sp³-hybridized carbons (Fsp3) is 0.355. The van der Waals surface area contributed by atoms with Crippen LogP contribution in [0.1, 0.15) is 34.6 Å². The van der Waals surface area contributed by atoms with E-state index in [4.69, 9.17) is 4.74 Å². The summed E-state index contributed by atoms with van der Waals surface area (Å²) in [7, 11) is 1.67. The van der Waals surface area contributed by atoms with Crippen molar-refractivity contribution in [3.63, 3.8) is 0 Å². The van der Waals surface area contributed by atoms with Crippen LogP contribution in [-0.2, 0) is 0 Å². The van der Waals surface area contributed by atoms with Crippen LogP contribution >= 0.6 is 0 Å². The molecule has 0 unspecified atom stereocenters. The molecule has 2 amide bonds. The minimum absolute atomic E-state index is 0.0516. The molecule has 8 nitrogen and oxygen atoms in total. The first-order valence-corrected chi connectivity index (χ1v) is 13.8. The number of hydrogen-bond acceptors (Lipinski definition) is 6. The summed E-state index contributed by atoms with van der Waals surface area (Å²) in [5.74, 6) is -0.543. The molecule has 212 valence electrons. The van der Waals surface area contributed by atoms with E-state index in [2.05, 4.69) is 45.2 Å². The molecule has 4 rings (SSSR count). The maximum atomic E-state index is 14.2. The van der Waals surface area contributed by atoms with Crippen LogP contribution in [0.2, 0.25) is 0 Å². The van der Waals surface area contributed by atoms with Crippen LogP contribution in [0.5, 0.6) is 5.75 Å². The second-order valence-electron chi connectivity index (χ2n) is 9.59. The van der Waals surface area contributed by atoms with Crippen molar-refractivity contribution in [1.29, 1.82) is 0 Å². The zero-order valence-electron chi connectivity index (χ0n) is 23.5. The quantitative estimate of drug-likeness (QED) is 0.369. The third-order valence-corrected chi connectivity index (χ3v) is 7.27. The lowest BCUT2D eigenvalue weighted by molar-refractivity contribution is 0.0948. The average Bonchev–Trinajstić information content (AvgIpc) is 2.99. The normalized spacial score (nSPS) is 13.3. The van der Waals surface area contributed by atoms with Crippen molar-refractivity contribution < 1.29 is 18.7 Å². The Morgan fingerprint density at radius 1 is 0.850 bits per heavy atom. The van der Waals surface area contributed by atoms with Gasteiger partial charge in [-0.15, -0.1) is 0 Å². The summed E-state index contributed by atoms with van der Waals surface area (Å²) in [6.45, 7) is 10.2. The van der Waals surface area contributed by atoms with Crippen LogP contribution in [0, 0.1) is 5.82 Å². The fourth-order valence-electron chi connectivity index (χ4n) is 4.96. The van der Waals surface area contributed by atoms with Crippen LogP contribution in [0.3, 0.4) is 0 Å². The minimum atomic E-state index is -0.598. The minimum Gasteiger partial charge on any atom is -0.495 e. The Bertz CT molecular complexity index is 1310. The Kier molecular flexibility index (Phi) is 9.96. The van der Waals surface area contributed by atoms with Gasteiger partial charge in [0.1, 0.15) is 11.6 Å². The van der Waals surface area contributed by atoms with Gasteiger partial charge in [-0.25, -0.2) is 4.39 Å². The van der Waals surface area contributed by atoms with Crippen molar-refractivity contribution in [3.05, 3.63) is 83.7 Å². The van der Waals surface area contributed by atoms with Crippen molar-refractivity contribution in [2.45, 2.75) is 13.8 Å². The number of anilines is 3. The number of methoxy groups -OCH3 is 1. The maximum Gasteiger partial charge on any atom is 0.258 e. The molecule has 1 fully saturated rings. The highest BCUT2D eigenvalue weighted by Crippen LogP contribution is 2.31. The molecule has 0 radical (unpaired) electrons. The Balaban J connectivity index is 1.54. The second kappa shape index (κ2) is 13.8. The molecule has 9 heteroatoms. The molecule has 0 saturated carbocycles. The van der Waals surface area contributed by atoms with Gasteiger partial charge in [-0.05, 0) is 55.6 Å². The van der Waals surface area contributed by atoms with Gasteiger partial charge in [0.05, 0.1) is 23.9 Å². The molecule has 0 aliphatic carbocycles. The van der Waals surface area contributed by atoms with E-state index in [0.717, 1.165) is 49.8 Å². The van der Waals surface area contributed by atoms with Crippen molar-refractivity contribution >= 4 is 28.9 Å². The molecule has 1 saturated heterocycles. The molecule has 3 aromatic carbocycles. The van der Waals surface area contributed by atoms with Crippen LogP contribution < -0.4 is 25.2 Å². The highest BCUT2D eigenvalue weighted by molar-refractivity contribution is 6.06. The predicted octanol–water partition coefficient (Wildman–Crippen LogP) is 4.48. The van der Waals surface area contributed by atoms with Crippen LogP contribution in [0.15, 0.2) is 66.7 Å². The summed E-state index contributed by atoms with van der Waals surface area (Å²) in [4.78, 5) is 32.9. The number of hydrogen-bond donors (Lipinski definition) is 2. The molecular formula is C31H38FN5O3. The number of ether oxygens (including phenoxy) is 1. The van der Waals surface area contributed by atoms with Gasteiger partial charge < -0.3 is 30.1 Å². The zero-order valence-corrected chi connectivity index (χ0v) is 23.5. The number of carbonyl (C=O) groups excluding carboxylic acids is 2. The summed E-state index contributed by atoms with van der Waals surface area (Å²) in [5, 5.41) is 5.79. The molecule has 0 spiro atoms. The molecule has 0 aromatic heterocycles. The van der Waals surface area contributed by atoms with Crippen molar-refractivity contribution in [2.75, 3.05) is 74.6 Å². The molecule has 0 bridgehead atoms. The van der Waals surface area contributed by atoms with E-state index in [1.807, 2.05) is 24.3 Å². The van der Waals surface area contributed by atoms with E-state index < -0.39 is 11.7 Å². The summed E-state index contributed by atoms with van der Waals surface area (Å²) in [6, 6.07) is 19.1. The van der Waals surface area contributed by atoms with Crippen molar-refractivity contribution in [2.24, 2.45) is 0 Å². The van der Waals surface area contributed by atoms with Gasteiger partial charge >= 0.3 is 0 Å². The van der Waals surface area contributed by atoms with Gasteiger partial charge in [0.15, 0.2) is 0 Å². The van der Waals surface area contributed by atoms with E-state index in [-0.39, 0.29) is 11.5 Å². The number of amides is 2. The third kappa shape index (κ3) is 6.90. The Morgan fingerprint density at radius 3 is 2.17 bits per heavy atom. The maximum absolute atomic E-state index is 14.2. The molecule has 1 aliphatic heterocycles. The van der Waals surface area contributed by atoms with Gasteiger partial charge in [-0.3, -0.25) is 9.59 Å². The smallest absolute Gasteiger partial charge is 0.258 e. The highest BCUT2D eigenvalue weighted by Gasteiger charge is 2.24. The summed E-state index contributed by atoms with van der Waals surface area (Å²) < 4.78 is 19.7. The molecule has 2 N–H and O–H groups in total. The number of rotatable bonds is 11. The molecule has 3 aromatic rings. The number of para-hydroxylation sites is 2. The van der Waals surface area contributed by atoms with Gasteiger partial charge in [-0.1, -0.05) is 38.1 Å². The largest absolute Gasteiger partial charge is 0.495 e. The van der Waals surface area contributed by atoms with Gasteiger partial charge in [0, 0.05) is 50.6 Å². The Hall–Kier alpha value is -4.11. The first-order chi connectivity index (χ1) is 19.4. The Labute approximate surface area is 235 Å². The topological polar surface area (TPSA) is 77.2 Å². The van der Waals surface area contributed by atoms with E-state index in [1.54, 1.807) is 25.3 Å². The monoisotopic (exact) mass is 547 g/mol. The number of halogens is 1. The van der Waals surface area contributed by atoms with Crippen molar-refractivity contribution in [1.82, 2.24) is 10.2 Å². The standard InChI is InChI=1S/C31H38FN5O3/c1-4-35(5-2)17-16-33-30(38)25-22-23(34-31(39)24-10-6-7-11-26(24)32)14-15-27(25)36-18-20-37(21-19-36)28-12-8-9-13-29(28)40-3/h6-15,22H,4-5,16-21H2,1-3H3,(H,33,38)(H,34,39). The number of piperazine rings is 1. The lowest BCUT2D eigenvalue weighted by Crippen LogP contribution is -2.47. The first kappa shape index (κ1) is 28.9. The molecule has 40 heavy (non-hydrogen) atoms. The molecule has 0 atom stereocenters. The number of nitrogens with one attached hydrogen (secondary N) is 2. The summed E-state index contributed by atoms with van der Waals surface area (Å²) >= 11 is 0. The number of carbonyl (C=O) groups is 2. The number of nitrogens with zero attached hydrogens (tertiary/aromatic N) is 3. The third-order valence-electron chi connectivity index (χ3n) is 7.27. The fourth-order valence-corrected chi connectivity index (χ4v) is 4.96. The first-order valence-electron chi connectivity index (χ1n) is 13.8. The lowest BCUT2D eigenvalue weighted by atomic mass is 10.1. The zero-order chi connectivity index (χ0) is 28.5. The van der Waals surface area contributed by atoms with E-state index in [0.29, 0.717) is 30.9 Å². The van der Waals surface area contributed by atoms with Crippen LogP contribution in [0.4, 0.5) is 21.5 Å². The van der Waals surface area contributed by atoms with Gasteiger partial charge in [-0.2, -0.15) is 0 Å². The Morgan fingerprint density at radius 2 is 1.50 bits per heavy atom. The molecule has 1 aliphatic rings. The lowest BCUT2D eigenvalue weighted by Gasteiger charge is -2.38. The van der Waals surface area contributed by atoms with Crippen LogP contribution in [-0.4, -0.2) is 76.2 Å². The van der Waals surface area contributed by atoms with E-state index >= 15 is 0 Å². The van der Waals surface area contributed by atoms with E-state index in [9.17, 15) is 14.0 Å². The SMILES string of the molecule is CCN(CC)CCNC(=O)c1cc(NC(=O)c2ccccc2F)ccc1N1CCN(c2ccccc2OC)CC1. The molecular weight excluding hydrogens is 509 g/mol. The molecule has 1 heterocycles. The van der Waals surface area contributed by atoms with Crippen LogP contribution in [0.25, 0.3) is 0 Å².